The van der Waals surface area contributed by atoms with Gasteiger partial charge < -0.3 is 10.2 Å². The number of nitrogens with zero attached hydrogens (tertiary/aromatic N) is 1. The Kier molecular flexibility index (Phi) is 2.69. The lowest BCUT2D eigenvalue weighted by Gasteiger charge is -1.97. The van der Waals surface area contributed by atoms with Crippen LogP contribution in [-0.2, 0) is 6.42 Å². The van der Waals surface area contributed by atoms with Gasteiger partial charge in [-0.05, 0) is 34.0 Å². The first-order valence-corrected chi connectivity index (χ1v) is 5.70. The number of fused-ring (bicyclic) bond motifs is 1. The quantitative estimate of drug-likeness (QED) is 0.850. The van der Waals surface area contributed by atoms with Crippen LogP contribution in [-0.4, -0.2) is 4.98 Å². The number of nitrogens with two attached hydrogens (primary N) is 1. The fourth-order valence-electron chi connectivity index (χ4n) is 1.49. The summed E-state index contributed by atoms with van der Waals surface area (Å²) in [6.07, 6.45) is 0.848. The molecule has 1 aromatic heterocycles. The van der Waals surface area contributed by atoms with Crippen molar-refractivity contribution < 1.29 is 4.42 Å². The average molecular weight is 269 g/mol. The minimum atomic E-state index is 0.536. The van der Waals surface area contributed by atoms with E-state index in [0.29, 0.717) is 11.6 Å². The van der Waals surface area contributed by atoms with E-state index in [9.17, 15) is 0 Å². The lowest BCUT2D eigenvalue weighted by molar-refractivity contribution is 0.481. The normalized spacial score (nSPS) is 11.5. The van der Waals surface area contributed by atoms with Crippen molar-refractivity contribution >= 4 is 32.7 Å². The Morgan fingerprint density at radius 1 is 1.47 bits per heavy atom. The maximum absolute atomic E-state index is 5.72. The van der Waals surface area contributed by atoms with Crippen molar-refractivity contribution in [2.45, 2.75) is 20.3 Å². The Morgan fingerprint density at radius 3 is 2.87 bits per heavy atom. The second-order valence-electron chi connectivity index (χ2n) is 4.06. The third-order valence-corrected chi connectivity index (χ3v) is 2.68. The minimum absolute atomic E-state index is 0.536. The fraction of sp³-hybridized carbons (Fsp3) is 0.364. The van der Waals surface area contributed by atoms with Crippen molar-refractivity contribution in [3.05, 3.63) is 22.5 Å². The molecular formula is C11H13BrN2O. The van der Waals surface area contributed by atoms with Crippen LogP contribution in [0.25, 0.3) is 11.1 Å². The van der Waals surface area contributed by atoms with Gasteiger partial charge in [-0.3, -0.25) is 0 Å². The van der Waals surface area contributed by atoms with Crippen LogP contribution in [0, 0.1) is 5.92 Å². The molecule has 0 bridgehead atoms. The van der Waals surface area contributed by atoms with Gasteiger partial charge in [0.15, 0.2) is 11.5 Å². The Labute approximate surface area is 96.8 Å². The zero-order valence-corrected chi connectivity index (χ0v) is 10.3. The van der Waals surface area contributed by atoms with E-state index in [4.69, 9.17) is 10.2 Å². The number of benzene rings is 1. The summed E-state index contributed by atoms with van der Waals surface area (Å²) in [5.74, 6) is 1.31. The zero-order valence-electron chi connectivity index (χ0n) is 8.75. The molecule has 0 amide bonds. The summed E-state index contributed by atoms with van der Waals surface area (Å²) in [5, 5.41) is 0. The van der Waals surface area contributed by atoms with Crippen molar-refractivity contribution in [3.63, 3.8) is 0 Å². The summed E-state index contributed by atoms with van der Waals surface area (Å²) in [4.78, 5) is 4.40. The molecule has 0 atom stereocenters. The van der Waals surface area contributed by atoms with Crippen LogP contribution in [0.2, 0.25) is 0 Å². The first-order chi connectivity index (χ1) is 7.06. The zero-order chi connectivity index (χ0) is 11.0. The molecule has 1 aromatic carbocycles. The van der Waals surface area contributed by atoms with Crippen LogP contribution >= 0.6 is 15.9 Å². The predicted molar refractivity (Wildman–Crippen MR) is 64.7 cm³/mol. The van der Waals surface area contributed by atoms with E-state index in [2.05, 4.69) is 34.8 Å². The molecule has 0 saturated carbocycles. The van der Waals surface area contributed by atoms with Gasteiger partial charge in [-0.15, -0.1) is 0 Å². The number of anilines is 1. The van der Waals surface area contributed by atoms with Gasteiger partial charge in [0, 0.05) is 12.1 Å². The van der Waals surface area contributed by atoms with Crippen molar-refractivity contribution in [2.24, 2.45) is 5.92 Å². The molecule has 0 spiro atoms. The largest absolute Gasteiger partial charge is 0.439 e. The van der Waals surface area contributed by atoms with Crippen LogP contribution in [0.3, 0.4) is 0 Å². The van der Waals surface area contributed by atoms with E-state index >= 15 is 0 Å². The molecule has 80 valence electrons. The molecule has 0 saturated heterocycles. The van der Waals surface area contributed by atoms with Crippen LogP contribution in [0.4, 0.5) is 5.69 Å². The second kappa shape index (κ2) is 3.85. The van der Waals surface area contributed by atoms with Gasteiger partial charge in [0.05, 0.1) is 4.47 Å². The molecular weight excluding hydrogens is 256 g/mol. The molecule has 0 aliphatic carbocycles. The molecule has 0 aliphatic rings. The smallest absolute Gasteiger partial charge is 0.195 e. The first kappa shape index (κ1) is 10.5. The standard InChI is InChI=1S/C11H13BrN2O/c1-6(2)3-10-14-9-5-7(13)4-8(12)11(9)15-10/h4-6H,3,13H2,1-2H3. The SMILES string of the molecule is CC(C)Cc1nc2cc(N)cc(Br)c2o1. The monoisotopic (exact) mass is 268 g/mol. The van der Waals surface area contributed by atoms with E-state index in [0.717, 1.165) is 27.9 Å². The molecule has 4 heteroatoms. The van der Waals surface area contributed by atoms with E-state index in [1.165, 1.54) is 0 Å². The highest BCUT2D eigenvalue weighted by Gasteiger charge is 2.10. The Balaban J connectivity index is 2.50. The number of hydrogen-bond acceptors (Lipinski definition) is 3. The summed E-state index contributed by atoms with van der Waals surface area (Å²) >= 11 is 3.41. The second-order valence-corrected chi connectivity index (χ2v) is 4.91. The van der Waals surface area contributed by atoms with Gasteiger partial charge in [0.2, 0.25) is 0 Å². The third-order valence-electron chi connectivity index (χ3n) is 2.09. The Bertz CT molecular complexity index is 491. The Morgan fingerprint density at radius 2 is 2.20 bits per heavy atom. The lowest BCUT2D eigenvalue weighted by atomic mass is 10.1. The summed E-state index contributed by atoms with van der Waals surface area (Å²) in [5.41, 5.74) is 8.01. The van der Waals surface area contributed by atoms with Crippen molar-refractivity contribution in [1.82, 2.24) is 4.98 Å². The number of rotatable bonds is 2. The highest BCUT2D eigenvalue weighted by atomic mass is 79.9. The highest BCUT2D eigenvalue weighted by molar-refractivity contribution is 9.10. The average Bonchev–Trinajstić information content (AvgIpc) is 2.45. The molecule has 0 radical (unpaired) electrons. The van der Waals surface area contributed by atoms with Gasteiger partial charge in [-0.1, -0.05) is 13.8 Å². The summed E-state index contributed by atoms with van der Waals surface area (Å²) in [6.45, 7) is 4.27. The maximum Gasteiger partial charge on any atom is 0.195 e. The van der Waals surface area contributed by atoms with Crippen LogP contribution in [0.5, 0.6) is 0 Å². The molecule has 0 fully saturated rings. The number of hydrogen-bond donors (Lipinski definition) is 1. The highest BCUT2D eigenvalue weighted by Crippen LogP contribution is 2.28. The molecule has 0 aliphatic heterocycles. The summed E-state index contributed by atoms with van der Waals surface area (Å²) in [7, 11) is 0. The molecule has 1 heterocycles. The van der Waals surface area contributed by atoms with Gasteiger partial charge in [0.25, 0.3) is 0 Å². The topological polar surface area (TPSA) is 52.0 Å². The van der Waals surface area contributed by atoms with Gasteiger partial charge in [-0.25, -0.2) is 4.98 Å². The van der Waals surface area contributed by atoms with E-state index in [1.54, 1.807) is 0 Å². The molecule has 2 rings (SSSR count). The maximum atomic E-state index is 5.72. The molecule has 0 unspecified atom stereocenters. The molecule has 15 heavy (non-hydrogen) atoms. The Hall–Kier alpha value is -1.03. The van der Waals surface area contributed by atoms with E-state index in [1.807, 2.05) is 12.1 Å². The van der Waals surface area contributed by atoms with Gasteiger partial charge >= 0.3 is 0 Å². The summed E-state index contributed by atoms with van der Waals surface area (Å²) < 4.78 is 6.51. The number of oxazole rings is 1. The predicted octanol–water partition coefficient (Wildman–Crippen LogP) is 3.37. The van der Waals surface area contributed by atoms with E-state index < -0.39 is 0 Å². The lowest BCUT2D eigenvalue weighted by Crippen LogP contribution is -1.93. The summed E-state index contributed by atoms with van der Waals surface area (Å²) in [6, 6.07) is 3.65. The van der Waals surface area contributed by atoms with Crippen LogP contribution in [0.15, 0.2) is 21.0 Å². The number of aromatic nitrogens is 1. The number of halogens is 1. The van der Waals surface area contributed by atoms with Crippen molar-refractivity contribution in [3.8, 4) is 0 Å². The van der Waals surface area contributed by atoms with Crippen molar-refractivity contribution in [2.75, 3.05) is 5.73 Å². The third kappa shape index (κ3) is 2.15. The van der Waals surface area contributed by atoms with Gasteiger partial charge in [-0.2, -0.15) is 0 Å². The molecule has 2 N–H and O–H groups in total. The van der Waals surface area contributed by atoms with Crippen LogP contribution in [0.1, 0.15) is 19.7 Å². The molecule has 2 aromatic rings. The minimum Gasteiger partial charge on any atom is -0.439 e. The van der Waals surface area contributed by atoms with Crippen LogP contribution < -0.4 is 5.73 Å². The van der Waals surface area contributed by atoms with E-state index in [-0.39, 0.29) is 0 Å². The number of nitrogen functional groups attached to an aromatic ring is 1. The van der Waals surface area contributed by atoms with Crippen molar-refractivity contribution in [1.29, 1.82) is 0 Å². The molecule has 3 nitrogen and oxygen atoms in total. The van der Waals surface area contributed by atoms with Gasteiger partial charge in [0.1, 0.15) is 5.52 Å². The fourth-order valence-corrected chi connectivity index (χ4v) is 2.04. The first-order valence-electron chi connectivity index (χ1n) is 4.90.